The number of unbranched alkanes of at least 4 members (excludes halogenated alkanes) is 1. The van der Waals surface area contributed by atoms with E-state index in [2.05, 4.69) is 6.92 Å². The Kier molecular flexibility index (Phi) is 5.95. The Morgan fingerprint density at radius 2 is 1.86 bits per heavy atom. The summed E-state index contributed by atoms with van der Waals surface area (Å²) in [5, 5.41) is 0.430. The average molecular weight is 496 g/mol. The summed E-state index contributed by atoms with van der Waals surface area (Å²) in [6, 6.07) is 9.79. The van der Waals surface area contributed by atoms with E-state index in [-0.39, 0.29) is 28.3 Å². The Balaban J connectivity index is 1.66. The number of carbonyl (C=O) groups is 1. The molecule has 0 radical (unpaired) electrons. The number of ether oxygens (including phenoxy) is 1. The van der Waals surface area contributed by atoms with Crippen molar-refractivity contribution in [2.24, 2.45) is 0 Å². The Morgan fingerprint density at radius 3 is 2.51 bits per heavy atom. The molecule has 1 fully saturated rings. The highest BCUT2D eigenvalue weighted by molar-refractivity contribution is 7.91. The van der Waals surface area contributed by atoms with Crippen molar-refractivity contribution in [1.82, 2.24) is 4.90 Å². The largest absolute Gasteiger partial charge is 0.494 e. The van der Waals surface area contributed by atoms with Crippen molar-refractivity contribution in [2.45, 2.75) is 52.1 Å². The standard InChI is InChI=1S/C27H29NO6S/c1-4-5-11-33-20-8-6-18(7-9-20)23-22-24(29)21-14-16(2)13-17(3)25(21)34-26(22)27(30)28(23)19-10-12-35(31,32)15-19/h6-9,13-14,19,23H,4-5,10-12,15H2,1-3H3. The molecule has 3 aromatic rings. The van der Waals surface area contributed by atoms with Gasteiger partial charge in [-0.15, -0.1) is 0 Å². The van der Waals surface area contributed by atoms with Crippen molar-refractivity contribution in [2.75, 3.05) is 18.1 Å². The topological polar surface area (TPSA) is 93.9 Å². The first-order valence-electron chi connectivity index (χ1n) is 12.0. The van der Waals surface area contributed by atoms with E-state index in [0.717, 1.165) is 29.5 Å². The van der Waals surface area contributed by atoms with Gasteiger partial charge in [0.25, 0.3) is 5.91 Å². The summed E-state index contributed by atoms with van der Waals surface area (Å²) >= 11 is 0. The first kappa shape index (κ1) is 23.6. The van der Waals surface area contributed by atoms with Crippen LogP contribution in [0.4, 0.5) is 0 Å². The van der Waals surface area contributed by atoms with Crippen molar-refractivity contribution in [3.63, 3.8) is 0 Å². The zero-order chi connectivity index (χ0) is 24.9. The number of fused-ring (bicyclic) bond motifs is 2. The van der Waals surface area contributed by atoms with Gasteiger partial charge < -0.3 is 14.1 Å². The second-order valence-electron chi connectivity index (χ2n) is 9.58. The molecular weight excluding hydrogens is 466 g/mol. The summed E-state index contributed by atoms with van der Waals surface area (Å²) in [6.07, 6.45) is 2.31. The zero-order valence-electron chi connectivity index (χ0n) is 20.2. The second kappa shape index (κ2) is 8.82. The van der Waals surface area contributed by atoms with E-state index in [4.69, 9.17) is 9.15 Å². The van der Waals surface area contributed by atoms with Gasteiger partial charge in [-0.05, 0) is 61.6 Å². The van der Waals surface area contributed by atoms with Gasteiger partial charge in [0.05, 0.1) is 35.1 Å². The van der Waals surface area contributed by atoms with Crippen LogP contribution in [-0.4, -0.2) is 43.4 Å². The fourth-order valence-electron chi connectivity index (χ4n) is 5.22. The van der Waals surface area contributed by atoms with Crippen LogP contribution in [0.25, 0.3) is 11.0 Å². The molecule has 5 rings (SSSR count). The molecule has 0 saturated carbocycles. The lowest BCUT2D eigenvalue weighted by molar-refractivity contribution is 0.0662. The maximum absolute atomic E-state index is 13.8. The Morgan fingerprint density at radius 1 is 1.11 bits per heavy atom. The SMILES string of the molecule is CCCCOc1ccc(C2c3c(oc4c(C)cc(C)cc4c3=O)C(=O)N2C2CCS(=O)(=O)C2)cc1. The lowest BCUT2D eigenvalue weighted by Gasteiger charge is -2.30. The summed E-state index contributed by atoms with van der Waals surface area (Å²) in [5.74, 6) is 0.184. The van der Waals surface area contributed by atoms with Gasteiger partial charge in [0.15, 0.2) is 15.3 Å². The number of benzene rings is 2. The molecule has 2 atom stereocenters. The summed E-state index contributed by atoms with van der Waals surface area (Å²) in [4.78, 5) is 29.0. The van der Waals surface area contributed by atoms with Crippen LogP contribution in [0.5, 0.6) is 5.75 Å². The van der Waals surface area contributed by atoms with E-state index in [9.17, 15) is 18.0 Å². The minimum atomic E-state index is -3.25. The smallest absolute Gasteiger partial charge is 0.291 e. The van der Waals surface area contributed by atoms with Gasteiger partial charge in [0.2, 0.25) is 5.76 Å². The highest BCUT2D eigenvalue weighted by Crippen LogP contribution is 2.42. The lowest BCUT2D eigenvalue weighted by Crippen LogP contribution is -2.40. The van der Waals surface area contributed by atoms with Gasteiger partial charge in [-0.1, -0.05) is 31.5 Å². The van der Waals surface area contributed by atoms with Crippen LogP contribution in [0.1, 0.15) is 65.0 Å². The summed E-state index contributed by atoms with van der Waals surface area (Å²) in [5.41, 5.74) is 2.84. The van der Waals surface area contributed by atoms with Crippen LogP contribution in [-0.2, 0) is 9.84 Å². The molecule has 1 saturated heterocycles. The summed E-state index contributed by atoms with van der Waals surface area (Å²) < 4.78 is 36.5. The molecule has 3 heterocycles. The van der Waals surface area contributed by atoms with E-state index < -0.39 is 27.8 Å². The fraction of sp³-hybridized carbons (Fsp3) is 0.407. The maximum Gasteiger partial charge on any atom is 0.291 e. The number of hydrogen-bond acceptors (Lipinski definition) is 6. The minimum absolute atomic E-state index is 0.00650. The Labute approximate surface area is 204 Å². The average Bonchev–Trinajstić information content (AvgIpc) is 3.31. The fourth-order valence-corrected chi connectivity index (χ4v) is 6.94. The second-order valence-corrected chi connectivity index (χ2v) is 11.8. The number of aryl methyl sites for hydroxylation is 2. The normalized spacial score (nSPS) is 21.0. The van der Waals surface area contributed by atoms with Crippen LogP contribution < -0.4 is 10.2 Å². The van der Waals surface area contributed by atoms with E-state index >= 15 is 0 Å². The first-order chi connectivity index (χ1) is 16.7. The highest BCUT2D eigenvalue weighted by Gasteiger charge is 2.48. The van der Waals surface area contributed by atoms with Crippen molar-refractivity contribution in [3.8, 4) is 5.75 Å². The highest BCUT2D eigenvalue weighted by atomic mass is 32.2. The first-order valence-corrected chi connectivity index (χ1v) is 13.9. The molecule has 7 nitrogen and oxygen atoms in total. The van der Waals surface area contributed by atoms with Gasteiger partial charge in [-0.2, -0.15) is 0 Å². The van der Waals surface area contributed by atoms with Crippen LogP contribution in [0.2, 0.25) is 0 Å². The molecule has 35 heavy (non-hydrogen) atoms. The third-order valence-electron chi connectivity index (χ3n) is 6.90. The molecule has 0 bridgehead atoms. The molecule has 0 aliphatic carbocycles. The van der Waals surface area contributed by atoms with E-state index in [0.29, 0.717) is 29.7 Å². The number of amides is 1. The monoisotopic (exact) mass is 495 g/mol. The Hall–Kier alpha value is -3.13. The number of rotatable bonds is 6. The zero-order valence-corrected chi connectivity index (χ0v) is 21.0. The van der Waals surface area contributed by atoms with E-state index in [1.54, 1.807) is 11.0 Å². The van der Waals surface area contributed by atoms with Crippen LogP contribution in [0.3, 0.4) is 0 Å². The molecule has 0 N–H and O–H groups in total. The van der Waals surface area contributed by atoms with Crippen LogP contribution in [0, 0.1) is 13.8 Å². The van der Waals surface area contributed by atoms with Gasteiger partial charge in [0.1, 0.15) is 11.3 Å². The number of hydrogen-bond donors (Lipinski definition) is 0. The lowest BCUT2D eigenvalue weighted by atomic mass is 9.96. The maximum atomic E-state index is 13.8. The Bertz CT molecular complexity index is 1470. The predicted octanol–water partition coefficient (Wildman–Crippen LogP) is 4.32. The third-order valence-corrected chi connectivity index (χ3v) is 8.65. The van der Waals surface area contributed by atoms with Gasteiger partial charge >= 0.3 is 0 Å². The minimum Gasteiger partial charge on any atom is -0.494 e. The molecule has 184 valence electrons. The number of sulfone groups is 1. The van der Waals surface area contributed by atoms with Crippen LogP contribution in [0.15, 0.2) is 45.6 Å². The molecule has 8 heteroatoms. The molecule has 2 aromatic carbocycles. The van der Waals surface area contributed by atoms with Gasteiger partial charge in [-0.3, -0.25) is 9.59 Å². The molecular formula is C27H29NO6S. The van der Waals surface area contributed by atoms with Crippen molar-refractivity contribution in [3.05, 3.63) is 74.6 Å². The molecule has 1 amide bonds. The number of nitrogens with zero attached hydrogens (tertiary/aromatic N) is 1. The van der Waals surface area contributed by atoms with Gasteiger partial charge in [-0.25, -0.2) is 8.42 Å². The summed E-state index contributed by atoms with van der Waals surface area (Å²) in [7, 11) is -3.25. The van der Waals surface area contributed by atoms with Crippen molar-refractivity contribution >= 4 is 26.7 Å². The van der Waals surface area contributed by atoms with E-state index in [1.807, 2.05) is 44.2 Å². The van der Waals surface area contributed by atoms with E-state index in [1.165, 1.54) is 0 Å². The van der Waals surface area contributed by atoms with Gasteiger partial charge in [0, 0.05) is 6.04 Å². The molecule has 2 aliphatic heterocycles. The third kappa shape index (κ3) is 4.14. The quantitative estimate of drug-likeness (QED) is 0.473. The van der Waals surface area contributed by atoms with Crippen molar-refractivity contribution < 1.29 is 22.4 Å². The molecule has 1 aromatic heterocycles. The predicted molar refractivity (Wildman–Crippen MR) is 134 cm³/mol. The molecule has 2 unspecified atom stereocenters. The van der Waals surface area contributed by atoms with Crippen LogP contribution >= 0.6 is 0 Å². The molecule has 2 aliphatic rings. The molecule has 0 spiro atoms. The summed E-state index contributed by atoms with van der Waals surface area (Å²) in [6.45, 7) is 6.47. The number of carbonyl (C=O) groups excluding carboxylic acids is 1. The van der Waals surface area contributed by atoms with Crippen molar-refractivity contribution in [1.29, 1.82) is 0 Å².